The molecule has 1 fully saturated rings. The average molecular weight is 407 g/mol. The molecule has 1 aliphatic rings. The summed E-state index contributed by atoms with van der Waals surface area (Å²) in [6.07, 6.45) is -3.96. The van der Waals surface area contributed by atoms with Crippen molar-refractivity contribution in [3.05, 3.63) is 33.6 Å². The van der Waals surface area contributed by atoms with Gasteiger partial charge in [0.2, 0.25) is 0 Å². The fourth-order valence-electron chi connectivity index (χ4n) is 2.15. The number of aliphatic hydroxyl groups is 1. The topological polar surface area (TPSA) is 20.2 Å². The van der Waals surface area contributed by atoms with Gasteiger partial charge in [-0.25, -0.2) is 0 Å². The van der Waals surface area contributed by atoms with Crippen molar-refractivity contribution in [2.24, 2.45) is 5.41 Å². The monoisotopic (exact) mass is 406 g/mol. The number of hydrogen-bond donors (Lipinski definition) is 1. The van der Waals surface area contributed by atoms with Gasteiger partial charge in [-0.05, 0) is 0 Å². The zero-order valence-electron chi connectivity index (χ0n) is 10.8. The van der Waals surface area contributed by atoms with Gasteiger partial charge in [-0.2, -0.15) is 0 Å². The van der Waals surface area contributed by atoms with E-state index in [1.807, 2.05) is 0 Å². The van der Waals surface area contributed by atoms with E-state index in [0.29, 0.717) is 0 Å². The van der Waals surface area contributed by atoms with Crippen LogP contribution in [0.5, 0.6) is 0 Å². The number of aliphatic hydroxyl groups excluding tert-OH is 1. The predicted molar refractivity (Wildman–Crippen MR) is 75.9 cm³/mol. The van der Waals surface area contributed by atoms with E-state index in [9.17, 15) is 22.7 Å². The molecule has 1 nitrogen and oxygen atoms in total. The first-order valence-electron chi connectivity index (χ1n) is 6.26. The summed E-state index contributed by atoms with van der Waals surface area (Å²) in [4.78, 5) is 0. The van der Waals surface area contributed by atoms with Crippen molar-refractivity contribution in [3.8, 4) is 0 Å². The van der Waals surface area contributed by atoms with Gasteiger partial charge in [0.05, 0.1) is 0 Å². The van der Waals surface area contributed by atoms with Crippen LogP contribution in [-0.4, -0.2) is 33.6 Å². The maximum atomic E-state index is 13.5. The summed E-state index contributed by atoms with van der Waals surface area (Å²) in [5.74, 6) is -0.682. The van der Waals surface area contributed by atoms with E-state index in [1.165, 1.54) is 6.07 Å². The molecule has 118 valence electrons. The second kappa shape index (κ2) is 6.27. The van der Waals surface area contributed by atoms with Gasteiger partial charge in [-0.15, -0.1) is 0 Å². The van der Waals surface area contributed by atoms with Crippen molar-refractivity contribution >= 4 is 39.0 Å². The summed E-state index contributed by atoms with van der Waals surface area (Å²) in [7, 11) is 0. The zero-order chi connectivity index (χ0) is 15.8. The second-order valence-electron chi connectivity index (χ2n) is 5.15. The zero-order valence-corrected chi connectivity index (χ0v) is 14.4. The first-order chi connectivity index (χ1) is 9.72. The fraction of sp³-hybridized carbons (Fsp3) is 0.538. The third-order valence-electron chi connectivity index (χ3n) is 3.75. The summed E-state index contributed by atoms with van der Waals surface area (Å²) < 4.78 is 51.7. The molecule has 1 aromatic carbocycles. The van der Waals surface area contributed by atoms with Crippen LogP contribution in [0.1, 0.15) is 23.1 Å². The van der Waals surface area contributed by atoms with Crippen molar-refractivity contribution in [2.45, 2.75) is 28.9 Å². The van der Waals surface area contributed by atoms with Crippen molar-refractivity contribution in [3.63, 3.8) is 0 Å². The van der Waals surface area contributed by atoms with Crippen molar-refractivity contribution in [2.75, 3.05) is 6.61 Å². The van der Waals surface area contributed by atoms with Crippen LogP contribution in [0.4, 0.5) is 17.6 Å². The summed E-state index contributed by atoms with van der Waals surface area (Å²) in [6, 6.07) is 2.41. The standard InChI is InChI=1S/C13H13AsCl2F4O/c15-8-1-2-9(17)11(16)10(8)7(5-21)14-6-12(3-4-12)13(18,19)20/h1-2,7,14,21H,3-6H2. The van der Waals surface area contributed by atoms with Gasteiger partial charge < -0.3 is 0 Å². The molecule has 1 aromatic rings. The Morgan fingerprint density at radius 3 is 2.38 bits per heavy atom. The number of rotatable bonds is 5. The van der Waals surface area contributed by atoms with E-state index in [-0.39, 0.29) is 40.3 Å². The van der Waals surface area contributed by atoms with Crippen LogP contribution in [0.15, 0.2) is 12.1 Å². The molecule has 0 radical (unpaired) electrons. The molecule has 2 rings (SSSR count). The first kappa shape index (κ1) is 17.4. The molecule has 21 heavy (non-hydrogen) atoms. The van der Waals surface area contributed by atoms with Crippen molar-refractivity contribution in [1.82, 2.24) is 0 Å². The van der Waals surface area contributed by atoms with E-state index in [4.69, 9.17) is 23.2 Å². The molecular formula is C13H13AsCl2F4O. The summed E-state index contributed by atoms with van der Waals surface area (Å²) in [5, 5.41) is 9.43. The molecule has 0 spiro atoms. The number of halogens is 6. The summed E-state index contributed by atoms with van der Waals surface area (Å²) in [5.41, 5.74) is -1.37. The minimum atomic E-state index is -4.22. The van der Waals surface area contributed by atoms with Crippen LogP contribution < -0.4 is 0 Å². The Labute approximate surface area is 136 Å². The van der Waals surface area contributed by atoms with Gasteiger partial charge in [0.15, 0.2) is 0 Å². The fourth-order valence-corrected chi connectivity index (χ4v) is 7.00. The Balaban J connectivity index is 2.17. The van der Waals surface area contributed by atoms with Crippen LogP contribution >= 0.6 is 23.2 Å². The van der Waals surface area contributed by atoms with Gasteiger partial charge >= 0.3 is 136 Å². The van der Waals surface area contributed by atoms with E-state index in [2.05, 4.69) is 0 Å². The number of alkyl halides is 3. The van der Waals surface area contributed by atoms with E-state index in [1.54, 1.807) is 0 Å². The first-order valence-corrected chi connectivity index (χ1v) is 9.71. The summed E-state index contributed by atoms with van der Waals surface area (Å²) in [6.45, 7) is -0.378. The van der Waals surface area contributed by atoms with Crippen LogP contribution in [0.3, 0.4) is 0 Å². The molecule has 0 bridgehead atoms. The molecule has 1 saturated carbocycles. The molecule has 8 heteroatoms. The average Bonchev–Trinajstić information content (AvgIpc) is 3.18. The SMILES string of the molecule is OCC([AsH]CC1(C(F)(F)F)CC1)c1c(Cl)ccc(F)c1Cl. The molecule has 0 heterocycles. The quantitative estimate of drug-likeness (QED) is 0.437. The van der Waals surface area contributed by atoms with E-state index in [0.717, 1.165) is 6.07 Å². The Morgan fingerprint density at radius 2 is 1.90 bits per heavy atom. The maximum absolute atomic E-state index is 13.5. The van der Waals surface area contributed by atoms with Gasteiger partial charge in [0.25, 0.3) is 0 Å². The van der Waals surface area contributed by atoms with E-state index < -0.39 is 37.9 Å². The van der Waals surface area contributed by atoms with Crippen LogP contribution in [0.2, 0.25) is 15.3 Å². The van der Waals surface area contributed by atoms with Gasteiger partial charge in [-0.1, -0.05) is 0 Å². The van der Waals surface area contributed by atoms with Crippen molar-refractivity contribution in [1.29, 1.82) is 0 Å². The third-order valence-corrected chi connectivity index (χ3v) is 8.34. The van der Waals surface area contributed by atoms with Crippen LogP contribution in [-0.2, 0) is 0 Å². The van der Waals surface area contributed by atoms with Gasteiger partial charge in [-0.3, -0.25) is 0 Å². The van der Waals surface area contributed by atoms with Crippen LogP contribution in [0, 0.1) is 11.2 Å². The summed E-state index contributed by atoms with van der Waals surface area (Å²) >= 11 is 10.6. The molecule has 0 saturated heterocycles. The van der Waals surface area contributed by atoms with E-state index >= 15 is 0 Å². The third kappa shape index (κ3) is 3.52. The number of hydrogen-bond acceptors (Lipinski definition) is 1. The molecular weight excluding hydrogens is 394 g/mol. The Hall–Kier alpha value is 0.0384. The molecule has 0 aromatic heterocycles. The molecule has 2 unspecified atom stereocenters. The normalized spacial score (nSPS) is 19.2. The number of benzene rings is 1. The molecule has 1 aliphatic carbocycles. The Kier molecular flexibility index (Phi) is 5.19. The second-order valence-corrected chi connectivity index (χ2v) is 9.00. The molecule has 2 atom stereocenters. The minimum absolute atomic E-state index is 0.00486. The molecule has 0 amide bonds. The molecule has 0 aliphatic heterocycles. The Bertz CT molecular complexity index is 532. The molecule has 1 N–H and O–H groups in total. The van der Waals surface area contributed by atoms with Gasteiger partial charge in [0, 0.05) is 0 Å². The van der Waals surface area contributed by atoms with Crippen LogP contribution in [0.25, 0.3) is 0 Å². The predicted octanol–water partition coefficient (Wildman–Crippen LogP) is 4.36. The van der Waals surface area contributed by atoms with Gasteiger partial charge in [0.1, 0.15) is 0 Å². The Morgan fingerprint density at radius 1 is 1.29 bits per heavy atom. The van der Waals surface area contributed by atoms with Crippen molar-refractivity contribution < 1.29 is 22.7 Å².